The summed E-state index contributed by atoms with van der Waals surface area (Å²) in [5, 5.41) is 0. The maximum atomic E-state index is 13.1. The second-order valence-corrected chi connectivity index (χ2v) is 21.1. The summed E-state index contributed by atoms with van der Waals surface area (Å²) in [5.74, 6) is -0.876. The Hall–Kier alpha value is -1.37. The summed E-state index contributed by atoms with van der Waals surface area (Å²) in [4.78, 5) is 37.9. The molecule has 0 saturated carbocycles. The number of phosphoric acid groups is 1. The van der Waals surface area contributed by atoms with E-state index >= 15 is 0 Å². The molecule has 12 nitrogen and oxygen atoms in total. The predicted molar refractivity (Wildman–Crippen MR) is 251 cm³/mol. The van der Waals surface area contributed by atoms with Gasteiger partial charge in [-0.05, 0) is 12.8 Å². The number of likely N-dealkylation sites (N-methyl/N-ethyl adjacent to an activating group) is 1. The largest absolute Gasteiger partial charge is 0.472 e. The summed E-state index contributed by atoms with van der Waals surface area (Å²) < 4.78 is 45.7. The monoisotopic (exact) mass is 899 g/mol. The summed E-state index contributed by atoms with van der Waals surface area (Å²) >= 11 is 0. The highest BCUT2D eigenvalue weighted by molar-refractivity contribution is 7.47. The van der Waals surface area contributed by atoms with Gasteiger partial charge in [-0.1, -0.05) is 194 Å². The molecule has 0 amide bonds. The van der Waals surface area contributed by atoms with Crippen LogP contribution in [-0.2, 0) is 27.8 Å². The van der Waals surface area contributed by atoms with Gasteiger partial charge in [0.2, 0.25) is 0 Å². The Morgan fingerprint density at radius 3 is 1.45 bits per heavy atom. The first-order valence-electron chi connectivity index (χ1n) is 25.6. The molecule has 2 N–H and O–H groups in total. The lowest BCUT2D eigenvalue weighted by atomic mass is 9.98. The Bertz CT molecular complexity index is 1410. The number of hydrogen-bond acceptors (Lipinski definition) is 8. The number of rotatable bonds is 40. The highest BCUT2D eigenvalue weighted by atomic mass is 31.2. The average molecular weight is 899 g/mol. The predicted octanol–water partition coefficient (Wildman–Crippen LogP) is 12.3. The zero-order valence-electron chi connectivity index (χ0n) is 40.3. The molecule has 2 saturated heterocycles. The molecule has 2 aliphatic rings. The van der Waals surface area contributed by atoms with Gasteiger partial charge in [0.15, 0.2) is 12.0 Å². The van der Waals surface area contributed by atoms with Gasteiger partial charge in [-0.2, -0.15) is 0 Å². The van der Waals surface area contributed by atoms with Crippen LogP contribution in [0.15, 0.2) is 21.9 Å². The van der Waals surface area contributed by atoms with Crippen molar-refractivity contribution in [2.24, 2.45) is 0 Å². The van der Waals surface area contributed by atoms with Crippen molar-refractivity contribution in [2.45, 2.75) is 250 Å². The molecule has 0 aliphatic carbocycles. The summed E-state index contributed by atoms with van der Waals surface area (Å²) in [5.41, 5.74) is -1.13. The summed E-state index contributed by atoms with van der Waals surface area (Å²) in [6, 6.07) is 1.28. The summed E-state index contributed by atoms with van der Waals surface area (Å²) in [7, 11) is 1.52. The minimum absolute atomic E-state index is 0.0471. The molecule has 0 bridgehead atoms. The minimum atomic E-state index is -4.40. The van der Waals surface area contributed by atoms with Gasteiger partial charge in [-0.3, -0.25) is 23.4 Å². The molecule has 3 rings (SSSR count). The van der Waals surface area contributed by atoms with Crippen molar-refractivity contribution in [3.63, 3.8) is 0 Å². The van der Waals surface area contributed by atoms with Crippen molar-refractivity contribution < 1.29 is 37.2 Å². The van der Waals surface area contributed by atoms with Crippen molar-refractivity contribution in [1.29, 1.82) is 0 Å². The molecule has 13 heteroatoms. The van der Waals surface area contributed by atoms with E-state index in [9.17, 15) is 19.0 Å². The molecular weight excluding hydrogens is 806 g/mol. The third kappa shape index (κ3) is 23.2. The molecule has 1 unspecified atom stereocenters. The zero-order chi connectivity index (χ0) is 44.9. The summed E-state index contributed by atoms with van der Waals surface area (Å²) in [6.45, 7) is 4.83. The van der Waals surface area contributed by atoms with Gasteiger partial charge in [0.25, 0.3) is 5.56 Å². The Morgan fingerprint density at radius 2 is 1.05 bits per heavy atom. The molecule has 1 aromatic heterocycles. The van der Waals surface area contributed by atoms with Crippen LogP contribution < -0.4 is 11.2 Å². The van der Waals surface area contributed by atoms with Gasteiger partial charge in [-0.25, -0.2) is 9.36 Å². The molecule has 5 atom stereocenters. The van der Waals surface area contributed by atoms with E-state index in [-0.39, 0.29) is 13.2 Å². The third-order valence-electron chi connectivity index (χ3n) is 12.9. The Kier molecular flexibility index (Phi) is 27.9. The molecule has 3 heterocycles. The number of fused-ring (bicyclic) bond motifs is 1. The van der Waals surface area contributed by atoms with E-state index in [1.165, 1.54) is 184 Å². The van der Waals surface area contributed by atoms with Gasteiger partial charge in [0.1, 0.15) is 31.5 Å². The number of nitrogens with one attached hydrogen (secondary N) is 1. The maximum Gasteiger partial charge on any atom is 0.472 e. The van der Waals surface area contributed by atoms with E-state index in [1.807, 2.05) is 21.1 Å². The molecule has 1 aromatic rings. The second kappa shape index (κ2) is 31.5. The maximum absolute atomic E-state index is 13.1. The van der Waals surface area contributed by atoms with Crippen molar-refractivity contribution in [3.05, 3.63) is 33.1 Å². The third-order valence-corrected chi connectivity index (χ3v) is 13.8. The number of unbranched alkanes of at least 4 members (excludes halogenated alkanes) is 28. The van der Waals surface area contributed by atoms with E-state index < -0.39 is 49.4 Å². The highest BCUT2D eigenvalue weighted by Crippen LogP contribution is 2.49. The molecule has 0 spiro atoms. The van der Waals surface area contributed by atoms with E-state index in [4.69, 9.17) is 23.3 Å². The molecule has 62 heavy (non-hydrogen) atoms. The fourth-order valence-electron chi connectivity index (χ4n) is 9.01. The topological polar surface area (TPSA) is 138 Å². The van der Waals surface area contributed by atoms with Gasteiger partial charge >= 0.3 is 13.5 Å². The fourth-order valence-corrected chi connectivity index (χ4v) is 9.73. The normalized spacial score (nSPS) is 20.8. The lowest BCUT2D eigenvalue weighted by molar-refractivity contribution is -0.870. The SMILES string of the molecule is CCCCCCCCCCCCCCCCCC1(CCCCCCCCCCCCCCCCC)O[C@@H]2[C@H](O1)[C@@H](COP(=O)(O)OCC[N+](C)(C)C)O[C@H]2n1ccc(=O)[nH]c1=O. The van der Waals surface area contributed by atoms with Crippen molar-refractivity contribution in [1.82, 2.24) is 9.55 Å². The second-order valence-electron chi connectivity index (χ2n) is 19.7. The van der Waals surface area contributed by atoms with Crippen LogP contribution in [0.25, 0.3) is 0 Å². The molecule has 0 radical (unpaired) electrons. The number of ether oxygens (including phenoxy) is 3. The van der Waals surface area contributed by atoms with E-state index in [0.29, 0.717) is 23.9 Å². The number of aromatic amines is 1. The van der Waals surface area contributed by atoms with Gasteiger partial charge in [-0.15, -0.1) is 0 Å². The first-order valence-corrected chi connectivity index (χ1v) is 27.1. The highest BCUT2D eigenvalue weighted by Gasteiger charge is 2.58. The van der Waals surface area contributed by atoms with Crippen molar-refractivity contribution in [2.75, 3.05) is 40.9 Å². The molecule has 362 valence electrons. The summed E-state index contributed by atoms with van der Waals surface area (Å²) in [6.07, 6.45) is 38.4. The standard InChI is InChI=1S/C49H92N3O9P/c1-6-8-10-12-14-16-18-20-22-24-26-28-30-32-34-37-49(38-35-33-31-29-27-25-23-21-19-17-15-13-11-9-7-2)60-45-43(42-58-62(55,56)57-41-40-52(3,4)5)59-47(46(45)61-49)51-39-36-44(53)50-48(51)54/h36,39,43,45-47H,6-35,37-38,40-42H2,1-5H3,(H-,50,53,54,55,56)/p+1/t43-,45-,46-,47-/m1/s1. The smallest absolute Gasteiger partial charge is 0.346 e. The van der Waals surface area contributed by atoms with Crippen LogP contribution in [-0.4, -0.2) is 83.9 Å². The fraction of sp³-hybridized carbons (Fsp3) is 0.918. The minimum Gasteiger partial charge on any atom is -0.346 e. The van der Waals surface area contributed by atoms with Crippen molar-refractivity contribution in [3.8, 4) is 0 Å². The van der Waals surface area contributed by atoms with E-state index in [0.717, 1.165) is 25.7 Å². The number of aromatic nitrogens is 2. The van der Waals surface area contributed by atoms with Gasteiger partial charge in [0.05, 0.1) is 27.7 Å². The lowest BCUT2D eigenvalue weighted by Crippen LogP contribution is -2.38. The van der Waals surface area contributed by atoms with Crippen LogP contribution in [0.4, 0.5) is 0 Å². The molecular formula is C49H93N3O9P+. The van der Waals surface area contributed by atoms with Crippen LogP contribution in [0, 0.1) is 0 Å². The number of quaternary nitrogens is 1. The van der Waals surface area contributed by atoms with Crippen LogP contribution in [0.1, 0.15) is 226 Å². The Labute approximate surface area is 377 Å². The number of nitrogens with zero attached hydrogens (tertiary/aromatic N) is 2. The van der Waals surface area contributed by atoms with Gasteiger partial charge in [0, 0.05) is 25.1 Å². The number of phosphoric ester groups is 1. The zero-order valence-corrected chi connectivity index (χ0v) is 41.2. The Morgan fingerprint density at radius 1 is 0.645 bits per heavy atom. The van der Waals surface area contributed by atoms with Crippen LogP contribution in [0.2, 0.25) is 0 Å². The van der Waals surface area contributed by atoms with E-state index in [1.54, 1.807) is 0 Å². The van der Waals surface area contributed by atoms with E-state index in [2.05, 4.69) is 18.8 Å². The number of H-pyrrole nitrogens is 1. The molecule has 0 aromatic carbocycles. The molecule has 2 aliphatic heterocycles. The van der Waals surface area contributed by atoms with Crippen LogP contribution >= 0.6 is 7.82 Å². The Balaban J connectivity index is 1.55. The van der Waals surface area contributed by atoms with Crippen LogP contribution in [0.5, 0.6) is 0 Å². The van der Waals surface area contributed by atoms with Gasteiger partial charge < -0.3 is 23.6 Å². The van der Waals surface area contributed by atoms with Crippen molar-refractivity contribution >= 4 is 7.82 Å². The van der Waals surface area contributed by atoms with Crippen LogP contribution in [0.3, 0.4) is 0 Å². The quantitative estimate of drug-likeness (QED) is 0.0374. The number of hydrogen-bond donors (Lipinski definition) is 2. The lowest BCUT2D eigenvalue weighted by Gasteiger charge is -2.32. The first-order chi connectivity index (χ1) is 29.9. The average Bonchev–Trinajstić information content (AvgIpc) is 3.75. The molecule has 2 fully saturated rings. The first kappa shape index (κ1) is 55.0.